The van der Waals surface area contributed by atoms with E-state index in [2.05, 4.69) is 4.98 Å². The summed E-state index contributed by atoms with van der Waals surface area (Å²) >= 11 is 0. The molecule has 6 rings (SSSR count). The van der Waals surface area contributed by atoms with Gasteiger partial charge in [0.25, 0.3) is 5.56 Å². The fourth-order valence-electron chi connectivity index (χ4n) is 5.87. The molecule has 4 saturated carbocycles. The molecular weight excluding hydrogens is 360 g/mol. The molecule has 0 radical (unpaired) electrons. The van der Waals surface area contributed by atoms with Gasteiger partial charge in [-0.2, -0.15) is 0 Å². The summed E-state index contributed by atoms with van der Waals surface area (Å²) in [4.78, 5) is 44.9. The molecule has 4 aliphatic rings. The number of fused-ring (bicyclic) bond motifs is 1. The number of imidazole rings is 1. The van der Waals surface area contributed by atoms with Gasteiger partial charge >= 0.3 is 11.7 Å². The Morgan fingerprint density at radius 1 is 1.21 bits per heavy atom. The Hall–Kier alpha value is -2.64. The highest BCUT2D eigenvalue weighted by atomic mass is 16.4. The van der Waals surface area contributed by atoms with E-state index >= 15 is 0 Å². The van der Waals surface area contributed by atoms with E-state index in [0.29, 0.717) is 48.4 Å². The summed E-state index contributed by atoms with van der Waals surface area (Å²) in [5.74, 6) is 1.46. The number of hydrogen-bond donors (Lipinski definition) is 2. The first-order chi connectivity index (χ1) is 13.5. The zero-order valence-electron chi connectivity index (χ0n) is 16.0. The van der Waals surface area contributed by atoms with E-state index in [1.807, 2.05) is 13.8 Å². The summed E-state index contributed by atoms with van der Waals surface area (Å²) in [6, 6.07) is 0. The second-order valence-electron chi connectivity index (χ2n) is 8.33. The molecule has 5 unspecified atom stereocenters. The number of aromatic nitrogens is 4. The van der Waals surface area contributed by atoms with E-state index in [4.69, 9.17) is 4.98 Å². The number of carbonyl (C=O) groups is 1. The highest BCUT2D eigenvalue weighted by Crippen LogP contribution is 2.78. The van der Waals surface area contributed by atoms with Gasteiger partial charge in [-0.25, -0.2) is 14.6 Å². The van der Waals surface area contributed by atoms with Gasteiger partial charge < -0.3 is 10.1 Å². The van der Waals surface area contributed by atoms with Crippen molar-refractivity contribution < 1.29 is 9.90 Å². The molecule has 0 aliphatic heterocycles. The summed E-state index contributed by atoms with van der Waals surface area (Å²) in [7, 11) is 0. The minimum atomic E-state index is -0.893. The zero-order valence-corrected chi connectivity index (χ0v) is 16.0. The summed E-state index contributed by atoms with van der Waals surface area (Å²) in [5.41, 5.74) is 1.24. The van der Waals surface area contributed by atoms with Crippen LogP contribution in [0.4, 0.5) is 0 Å². The predicted molar refractivity (Wildman–Crippen MR) is 102 cm³/mol. The molecule has 148 valence electrons. The van der Waals surface area contributed by atoms with E-state index in [1.165, 1.54) is 10.6 Å². The number of H-pyrrole nitrogens is 1. The third-order valence-electron chi connectivity index (χ3n) is 6.80. The minimum absolute atomic E-state index is 0.122. The Balaban J connectivity index is 1.65. The quantitative estimate of drug-likeness (QED) is 0.737. The molecule has 4 bridgehead atoms. The first kappa shape index (κ1) is 17.5. The lowest BCUT2D eigenvalue weighted by Crippen LogP contribution is -2.40. The Labute approximate surface area is 160 Å². The molecule has 0 saturated heterocycles. The number of aliphatic carboxylic acids is 1. The summed E-state index contributed by atoms with van der Waals surface area (Å²) < 4.78 is 2.90. The van der Waals surface area contributed by atoms with E-state index in [9.17, 15) is 19.5 Å². The molecule has 0 aromatic carbocycles. The fraction of sp³-hybridized carbons (Fsp3) is 0.600. The topological polar surface area (TPSA) is 110 Å². The number of aromatic amines is 1. The maximum absolute atomic E-state index is 12.9. The van der Waals surface area contributed by atoms with Crippen LogP contribution in [-0.4, -0.2) is 30.2 Å². The number of hydrogen-bond acceptors (Lipinski definition) is 4. The van der Waals surface area contributed by atoms with E-state index in [0.717, 1.165) is 24.2 Å². The van der Waals surface area contributed by atoms with E-state index < -0.39 is 5.97 Å². The van der Waals surface area contributed by atoms with Crippen molar-refractivity contribution in [1.82, 2.24) is 19.1 Å². The van der Waals surface area contributed by atoms with Crippen LogP contribution in [0.25, 0.3) is 11.2 Å². The van der Waals surface area contributed by atoms with Gasteiger partial charge in [0.05, 0.1) is 0 Å². The van der Waals surface area contributed by atoms with Crippen LogP contribution in [0.15, 0.2) is 21.2 Å². The fourth-order valence-corrected chi connectivity index (χ4v) is 5.87. The standard InChI is InChI=1S/C20H24N4O4/c1-3-5-23-18-16(19(27)24(6-4-2)20(23)28)21-17(22-18)15-9-7-11-13(14(11)15)10(9)8-12(25)26/h8-9,11,13-15H,3-7H2,1-2H3,(H,21,22)(H,25,26). The summed E-state index contributed by atoms with van der Waals surface area (Å²) in [5, 5.41) is 9.18. The van der Waals surface area contributed by atoms with E-state index in [1.54, 1.807) is 4.57 Å². The van der Waals surface area contributed by atoms with Gasteiger partial charge in [-0.3, -0.25) is 13.9 Å². The molecule has 2 aromatic heterocycles. The van der Waals surface area contributed by atoms with Gasteiger partial charge in [-0.15, -0.1) is 0 Å². The second kappa shape index (κ2) is 5.93. The van der Waals surface area contributed by atoms with Crippen LogP contribution in [0.3, 0.4) is 0 Å². The SMILES string of the molecule is CCCn1c(=O)c2[nH]c(C3C4CC5C(C4=CC(=O)O)C53)nc2n(CCC)c1=O. The number of allylic oxidation sites excluding steroid dienone is 1. The Bertz CT molecular complexity index is 1140. The van der Waals surface area contributed by atoms with Crippen LogP contribution >= 0.6 is 0 Å². The van der Waals surface area contributed by atoms with Gasteiger partial charge in [-0.05, 0) is 42.9 Å². The zero-order chi connectivity index (χ0) is 19.7. The smallest absolute Gasteiger partial charge is 0.332 e. The van der Waals surface area contributed by atoms with Gasteiger partial charge in [0.1, 0.15) is 11.3 Å². The number of carboxylic acids is 1. The first-order valence-corrected chi connectivity index (χ1v) is 10.2. The molecule has 2 heterocycles. The lowest BCUT2D eigenvalue weighted by molar-refractivity contribution is -0.131. The molecule has 28 heavy (non-hydrogen) atoms. The Morgan fingerprint density at radius 3 is 2.57 bits per heavy atom. The van der Waals surface area contributed by atoms with Crippen LogP contribution in [0.1, 0.15) is 44.9 Å². The molecule has 4 fully saturated rings. The maximum Gasteiger partial charge on any atom is 0.332 e. The number of nitrogens with zero attached hydrogens (tertiary/aromatic N) is 3. The van der Waals surface area contributed by atoms with Crippen molar-refractivity contribution in [2.75, 3.05) is 0 Å². The van der Waals surface area contributed by atoms with Crippen molar-refractivity contribution in [2.45, 2.75) is 52.1 Å². The average molecular weight is 384 g/mol. The largest absolute Gasteiger partial charge is 0.478 e. The summed E-state index contributed by atoms with van der Waals surface area (Å²) in [6.45, 7) is 4.82. The van der Waals surface area contributed by atoms with Crippen LogP contribution in [-0.2, 0) is 17.9 Å². The normalized spacial score (nSPS) is 31.2. The third kappa shape index (κ3) is 2.17. The van der Waals surface area contributed by atoms with Crippen molar-refractivity contribution >= 4 is 17.1 Å². The molecule has 8 nitrogen and oxygen atoms in total. The van der Waals surface area contributed by atoms with Gasteiger partial charge in [0.2, 0.25) is 0 Å². The van der Waals surface area contributed by atoms with Crippen molar-refractivity contribution in [3.8, 4) is 0 Å². The van der Waals surface area contributed by atoms with E-state index in [-0.39, 0.29) is 23.1 Å². The summed E-state index contributed by atoms with van der Waals surface area (Å²) in [6.07, 6.45) is 3.84. The monoisotopic (exact) mass is 384 g/mol. The molecular formula is C20H24N4O4. The highest BCUT2D eigenvalue weighted by molar-refractivity contribution is 5.81. The van der Waals surface area contributed by atoms with Crippen molar-refractivity contribution in [1.29, 1.82) is 0 Å². The number of rotatable bonds is 6. The third-order valence-corrected chi connectivity index (χ3v) is 6.80. The van der Waals surface area contributed by atoms with Gasteiger partial charge in [0, 0.05) is 25.1 Å². The van der Waals surface area contributed by atoms with Gasteiger partial charge in [0.15, 0.2) is 5.65 Å². The average Bonchev–Trinajstić information content (AvgIpc) is 3.06. The minimum Gasteiger partial charge on any atom is -0.478 e. The number of carboxylic acid groups (broad SMARTS) is 1. The second-order valence-corrected chi connectivity index (χ2v) is 8.33. The van der Waals surface area contributed by atoms with Crippen LogP contribution in [0.5, 0.6) is 0 Å². The predicted octanol–water partition coefficient (Wildman–Crippen LogP) is 1.70. The van der Waals surface area contributed by atoms with Crippen LogP contribution < -0.4 is 11.2 Å². The molecule has 4 aliphatic carbocycles. The molecule has 2 aromatic rings. The molecule has 5 atom stereocenters. The molecule has 0 spiro atoms. The Morgan fingerprint density at radius 2 is 1.93 bits per heavy atom. The van der Waals surface area contributed by atoms with Crippen molar-refractivity contribution in [2.24, 2.45) is 23.7 Å². The van der Waals surface area contributed by atoms with Gasteiger partial charge in [-0.1, -0.05) is 19.4 Å². The van der Waals surface area contributed by atoms with Crippen LogP contribution in [0.2, 0.25) is 0 Å². The number of nitrogens with one attached hydrogen (secondary N) is 1. The molecule has 8 heteroatoms. The Kier molecular flexibility index (Phi) is 3.70. The maximum atomic E-state index is 12.9. The highest BCUT2D eigenvalue weighted by Gasteiger charge is 2.72. The first-order valence-electron chi connectivity index (χ1n) is 10.2. The van der Waals surface area contributed by atoms with Crippen LogP contribution in [0, 0.1) is 23.7 Å². The lowest BCUT2D eigenvalue weighted by Gasteiger charge is -2.12. The van der Waals surface area contributed by atoms with Crippen molar-refractivity contribution in [3.63, 3.8) is 0 Å². The molecule has 2 N–H and O–H groups in total. The van der Waals surface area contributed by atoms with Crippen molar-refractivity contribution in [3.05, 3.63) is 38.3 Å². The number of aryl methyl sites for hydroxylation is 1. The lowest BCUT2D eigenvalue weighted by atomic mass is 9.94. The molecule has 0 amide bonds.